The quantitative estimate of drug-likeness (QED) is 0.227. The summed E-state index contributed by atoms with van der Waals surface area (Å²) in [6.07, 6.45) is 0. The lowest BCUT2D eigenvalue weighted by molar-refractivity contribution is 0.574. The molecule has 1 aromatic carbocycles. The zero-order chi connectivity index (χ0) is 28.7. The minimum Gasteiger partial charge on any atom is -0.460 e. The second-order valence-electron chi connectivity index (χ2n) is 13.2. The molecule has 0 saturated carbocycles. The second-order valence-corrected chi connectivity index (χ2v) is 24.4. The molecule has 2 nitrogen and oxygen atoms in total. The van der Waals surface area contributed by atoms with E-state index in [0.29, 0.717) is 33.2 Å². The largest absolute Gasteiger partial charge is 0.460 e. The molecule has 206 valence electrons. The van der Waals surface area contributed by atoms with Crippen molar-refractivity contribution in [3.05, 3.63) is 34.8 Å². The molecule has 0 aliphatic rings. The van der Waals surface area contributed by atoms with Crippen molar-refractivity contribution in [3.63, 3.8) is 0 Å². The van der Waals surface area contributed by atoms with Crippen molar-refractivity contribution in [3.8, 4) is 22.9 Å². The first kappa shape index (κ1) is 30.4. The summed E-state index contributed by atoms with van der Waals surface area (Å²) >= 11 is 0. The Hall–Kier alpha value is -2.15. The van der Waals surface area contributed by atoms with E-state index in [-0.39, 0.29) is 0 Å². The summed E-state index contributed by atoms with van der Waals surface area (Å²) in [6, 6.07) is 4.26. The van der Waals surface area contributed by atoms with Gasteiger partial charge in [0.05, 0.1) is 11.1 Å². The Morgan fingerprint density at radius 1 is 0.500 bits per heavy atom. The van der Waals surface area contributed by atoms with Crippen molar-refractivity contribution in [1.82, 2.24) is 0 Å². The van der Waals surface area contributed by atoms with Crippen LogP contribution in [0.3, 0.4) is 0 Å². The predicted octanol–water partition coefficient (Wildman–Crippen LogP) is 10.9. The van der Waals surface area contributed by atoms with Gasteiger partial charge in [-0.1, -0.05) is 94.9 Å². The summed E-state index contributed by atoms with van der Waals surface area (Å²) in [6.45, 7) is 32.4. The molecule has 38 heavy (non-hydrogen) atoms. The molecule has 0 unspecified atom stereocenters. The standard InChI is InChI=1S/C34H50O2Si2/c1-21(2)37(22(3)4,23(5)6)17-15-29-31-19-27(13)36-34(31)30(32-20-28(14)35-33(29)32)16-18-38(24(7)8,25(9)10)26(11)12/h19-26H,1-14H3. The average molecular weight is 547 g/mol. The predicted molar refractivity (Wildman–Crippen MR) is 171 cm³/mol. The van der Waals surface area contributed by atoms with Gasteiger partial charge >= 0.3 is 0 Å². The van der Waals surface area contributed by atoms with Crippen LogP contribution in [-0.4, -0.2) is 16.1 Å². The van der Waals surface area contributed by atoms with Crippen molar-refractivity contribution in [1.29, 1.82) is 0 Å². The summed E-state index contributed by atoms with van der Waals surface area (Å²) in [5, 5.41) is 2.07. The number of fused-ring (bicyclic) bond motifs is 2. The van der Waals surface area contributed by atoms with Crippen molar-refractivity contribution in [2.45, 2.75) is 130 Å². The summed E-state index contributed by atoms with van der Waals surface area (Å²) in [7, 11) is -3.84. The lowest BCUT2D eigenvalue weighted by Crippen LogP contribution is -2.43. The Morgan fingerprint density at radius 3 is 1.00 bits per heavy atom. The smallest absolute Gasteiger partial charge is 0.151 e. The molecule has 0 saturated heterocycles. The van der Waals surface area contributed by atoms with Gasteiger partial charge in [-0.2, -0.15) is 0 Å². The van der Waals surface area contributed by atoms with E-state index < -0.39 is 16.1 Å². The first-order valence-electron chi connectivity index (χ1n) is 14.6. The maximum absolute atomic E-state index is 6.39. The third kappa shape index (κ3) is 4.96. The van der Waals surface area contributed by atoms with Crippen LogP contribution in [0.2, 0.25) is 33.2 Å². The molecular weight excluding hydrogens is 497 g/mol. The lowest BCUT2D eigenvalue weighted by Gasteiger charge is -2.38. The Balaban J connectivity index is 2.44. The maximum atomic E-state index is 6.39. The molecule has 2 aromatic heterocycles. The van der Waals surface area contributed by atoms with Crippen LogP contribution in [0.25, 0.3) is 21.9 Å². The molecule has 2 heterocycles. The number of hydrogen-bond donors (Lipinski definition) is 0. The van der Waals surface area contributed by atoms with E-state index in [1.165, 1.54) is 0 Å². The minimum absolute atomic E-state index is 0.566. The van der Waals surface area contributed by atoms with Gasteiger partial charge in [-0.3, -0.25) is 0 Å². The summed E-state index contributed by atoms with van der Waals surface area (Å²) < 4.78 is 12.8. The maximum Gasteiger partial charge on any atom is 0.151 e. The van der Waals surface area contributed by atoms with E-state index in [2.05, 4.69) is 118 Å². The molecule has 0 aliphatic heterocycles. The molecule has 0 atom stereocenters. The van der Waals surface area contributed by atoms with Gasteiger partial charge in [-0.15, -0.1) is 11.1 Å². The number of rotatable bonds is 6. The van der Waals surface area contributed by atoms with Crippen LogP contribution >= 0.6 is 0 Å². The molecule has 0 bridgehead atoms. The number of furan rings is 2. The molecular formula is C34H50O2Si2. The van der Waals surface area contributed by atoms with Crippen LogP contribution in [0, 0.1) is 36.8 Å². The molecule has 0 aliphatic carbocycles. The number of aryl methyl sites for hydroxylation is 2. The van der Waals surface area contributed by atoms with Crippen LogP contribution in [-0.2, 0) is 0 Å². The van der Waals surface area contributed by atoms with Crippen LogP contribution in [0.5, 0.6) is 0 Å². The second kappa shape index (κ2) is 11.2. The van der Waals surface area contributed by atoms with Crippen molar-refractivity contribution >= 4 is 38.1 Å². The van der Waals surface area contributed by atoms with E-state index in [0.717, 1.165) is 44.6 Å². The molecule has 4 heteroatoms. The van der Waals surface area contributed by atoms with Gasteiger partial charge in [0.2, 0.25) is 0 Å². The average Bonchev–Trinajstić information content (AvgIpc) is 3.35. The van der Waals surface area contributed by atoms with E-state index in [9.17, 15) is 0 Å². The Kier molecular flexibility index (Phi) is 8.92. The highest BCUT2D eigenvalue weighted by atomic mass is 28.3. The van der Waals surface area contributed by atoms with Crippen LogP contribution in [0.15, 0.2) is 21.0 Å². The van der Waals surface area contributed by atoms with E-state index >= 15 is 0 Å². The van der Waals surface area contributed by atoms with Gasteiger partial charge in [-0.05, 0) is 59.2 Å². The molecule has 3 aromatic rings. The van der Waals surface area contributed by atoms with Gasteiger partial charge in [0.25, 0.3) is 0 Å². The van der Waals surface area contributed by atoms with Gasteiger partial charge in [-0.25, -0.2) is 0 Å². The van der Waals surface area contributed by atoms with Crippen LogP contribution in [0.1, 0.15) is 106 Å². The van der Waals surface area contributed by atoms with Gasteiger partial charge < -0.3 is 8.83 Å². The van der Waals surface area contributed by atoms with E-state index in [1.54, 1.807) is 0 Å². The normalized spacial score (nSPS) is 12.9. The minimum atomic E-state index is -1.92. The number of hydrogen-bond acceptors (Lipinski definition) is 2. The highest BCUT2D eigenvalue weighted by Crippen LogP contribution is 2.43. The van der Waals surface area contributed by atoms with Crippen LogP contribution in [0.4, 0.5) is 0 Å². The third-order valence-electron chi connectivity index (χ3n) is 9.24. The molecule has 3 rings (SSSR count). The van der Waals surface area contributed by atoms with Crippen molar-refractivity contribution in [2.75, 3.05) is 0 Å². The Morgan fingerprint density at radius 2 is 0.763 bits per heavy atom. The monoisotopic (exact) mass is 546 g/mol. The Labute approximate surface area is 234 Å². The van der Waals surface area contributed by atoms with Crippen LogP contribution < -0.4 is 0 Å². The van der Waals surface area contributed by atoms with Gasteiger partial charge in [0, 0.05) is 10.8 Å². The van der Waals surface area contributed by atoms with E-state index in [1.807, 2.05) is 13.8 Å². The topological polar surface area (TPSA) is 26.3 Å². The zero-order valence-electron chi connectivity index (χ0n) is 26.4. The zero-order valence-corrected chi connectivity index (χ0v) is 28.4. The van der Waals surface area contributed by atoms with Crippen molar-refractivity contribution < 1.29 is 8.83 Å². The first-order valence-corrected chi connectivity index (χ1v) is 19.1. The fraction of sp³-hybridized carbons (Fsp3) is 0.588. The molecule has 0 radical (unpaired) electrons. The highest BCUT2D eigenvalue weighted by molar-refractivity contribution is 6.91. The fourth-order valence-corrected chi connectivity index (χ4v) is 17.9. The van der Waals surface area contributed by atoms with Gasteiger partial charge in [0.1, 0.15) is 27.7 Å². The lowest BCUT2D eigenvalue weighted by atomic mass is 10.0. The summed E-state index contributed by atoms with van der Waals surface area (Å²) in [5.41, 5.74) is 14.9. The van der Waals surface area contributed by atoms with Gasteiger partial charge in [0.15, 0.2) is 11.2 Å². The summed E-state index contributed by atoms with van der Waals surface area (Å²) in [4.78, 5) is 0. The van der Waals surface area contributed by atoms with E-state index in [4.69, 9.17) is 8.83 Å². The molecule has 0 spiro atoms. The number of benzene rings is 1. The first-order chi connectivity index (χ1) is 17.6. The van der Waals surface area contributed by atoms with Crippen molar-refractivity contribution in [2.24, 2.45) is 0 Å². The molecule has 0 amide bonds. The fourth-order valence-electron chi connectivity index (χ4n) is 7.47. The Bertz CT molecular complexity index is 1220. The molecule has 0 N–H and O–H groups in total. The summed E-state index contributed by atoms with van der Waals surface area (Å²) in [5.74, 6) is 9.20. The molecule has 0 fully saturated rings. The highest BCUT2D eigenvalue weighted by Gasteiger charge is 2.43. The third-order valence-corrected chi connectivity index (χ3v) is 21.8. The SMILES string of the molecule is Cc1cc2c(C#C[Si](C(C)C)(C(C)C)C(C)C)c3oc(C)cc3c(C#C[Si](C(C)C)(C(C)C)C(C)C)c2o1.